The Bertz CT molecular complexity index is 1410. The fourth-order valence-corrected chi connectivity index (χ4v) is 6.55. The summed E-state index contributed by atoms with van der Waals surface area (Å²) >= 11 is 1.35. The van der Waals surface area contributed by atoms with Crippen LogP contribution in [0, 0.1) is 11.8 Å². The van der Waals surface area contributed by atoms with Gasteiger partial charge in [0.05, 0.1) is 28.4 Å². The van der Waals surface area contributed by atoms with E-state index >= 15 is 0 Å². The Morgan fingerprint density at radius 3 is 2.54 bits per heavy atom. The molecule has 174 valence electrons. The zero-order valence-electron chi connectivity index (χ0n) is 18.5. The van der Waals surface area contributed by atoms with Crippen molar-refractivity contribution < 1.29 is 23.9 Å². The summed E-state index contributed by atoms with van der Waals surface area (Å²) in [4.78, 5) is 45.4. The minimum atomic E-state index is -0.786. The number of rotatable bonds is 3. The molecule has 1 aromatic heterocycles. The van der Waals surface area contributed by atoms with Crippen molar-refractivity contribution in [2.75, 3.05) is 18.1 Å². The van der Waals surface area contributed by atoms with Gasteiger partial charge >= 0.3 is 0 Å². The molecule has 0 aliphatic carbocycles. The number of ether oxygens (including phenoxy) is 2. The fraction of sp³-hybridized carbons (Fsp3) is 0.222. The number of ketones is 1. The van der Waals surface area contributed by atoms with Crippen molar-refractivity contribution in [3.05, 3.63) is 82.2 Å². The van der Waals surface area contributed by atoms with Crippen molar-refractivity contribution in [2.45, 2.75) is 12.1 Å². The Balaban J connectivity index is 1.35. The molecule has 8 heteroatoms. The van der Waals surface area contributed by atoms with Crippen LogP contribution in [-0.2, 0) is 9.59 Å². The van der Waals surface area contributed by atoms with E-state index in [1.807, 2.05) is 52.9 Å². The minimum Gasteiger partial charge on any atom is -0.486 e. The van der Waals surface area contributed by atoms with Gasteiger partial charge in [0.1, 0.15) is 19.3 Å². The number of benzene rings is 2. The van der Waals surface area contributed by atoms with Crippen LogP contribution in [0.2, 0.25) is 0 Å². The number of thiophene rings is 1. The van der Waals surface area contributed by atoms with Crippen molar-refractivity contribution in [1.82, 2.24) is 4.90 Å². The third kappa shape index (κ3) is 2.86. The van der Waals surface area contributed by atoms with Crippen molar-refractivity contribution in [3.63, 3.8) is 0 Å². The molecule has 0 radical (unpaired) electrons. The number of amides is 2. The van der Waals surface area contributed by atoms with Gasteiger partial charge in [-0.05, 0) is 40.8 Å². The van der Waals surface area contributed by atoms with Crippen molar-refractivity contribution in [2.24, 2.45) is 11.8 Å². The molecular formula is C27H20N2O5S. The molecule has 4 aliphatic rings. The maximum Gasteiger partial charge on any atom is 0.240 e. The molecule has 4 atom stereocenters. The maximum atomic E-state index is 14.0. The average Bonchev–Trinajstić information content (AvgIpc) is 3.60. The molecule has 2 amide bonds. The maximum absolute atomic E-state index is 14.0. The Hall–Kier alpha value is -3.91. The first-order valence-corrected chi connectivity index (χ1v) is 12.4. The van der Waals surface area contributed by atoms with E-state index in [-0.39, 0.29) is 17.6 Å². The normalized spacial score (nSPS) is 25.9. The summed E-state index contributed by atoms with van der Waals surface area (Å²) in [7, 11) is 0. The van der Waals surface area contributed by atoms with Crippen molar-refractivity contribution in [1.29, 1.82) is 0 Å². The molecule has 2 aromatic carbocycles. The lowest BCUT2D eigenvalue weighted by Gasteiger charge is -2.35. The Morgan fingerprint density at radius 2 is 1.71 bits per heavy atom. The lowest BCUT2D eigenvalue weighted by atomic mass is 9.84. The van der Waals surface area contributed by atoms with Gasteiger partial charge in [-0.1, -0.05) is 30.3 Å². The molecule has 7 rings (SSSR count). The summed E-state index contributed by atoms with van der Waals surface area (Å²) < 4.78 is 11.3. The fourth-order valence-electron chi connectivity index (χ4n) is 5.85. The summed E-state index contributed by atoms with van der Waals surface area (Å²) in [5.41, 5.74) is 2.39. The van der Waals surface area contributed by atoms with Crippen LogP contribution in [0.25, 0.3) is 6.08 Å². The van der Waals surface area contributed by atoms with Gasteiger partial charge in [-0.2, -0.15) is 0 Å². The molecule has 2 fully saturated rings. The Kier molecular flexibility index (Phi) is 4.41. The van der Waals surface area contributed by atoms with E-state index in [1.54, 1.807) is 24.3 Å². The van der Waals surface area contributed by atoms with E-state index in [0.29, 0.717) is 35.3 Å². The third-order valence-corrected chi connectivity index (χ3v) is 8.16. The zero-order valence-corrected chi connectivity index (χ0v) is 19.3. The van der Waals surface area contributed by atoms with Crippen LogP contribution >= 0.6 is 11.3 Å². The standard InChI is InChI=1S/C27H20N2O5S/c30-25(20-6-3-13-35-20)24-22-21(23-17-5-2-1-4-15(17)9-10-28(23)24)26(31)29(27(22)32)16-7-8-18-19(14-16)34-12-11-33-18/h1-10,13-14,21-24H,11-12H2/t21-,22-,23+,24+/m1/s1. The monoisotopic (exact) mass is 484 g/mol. The molecule has 3 aromatic rings. The van der Waals surface area contributed by atoms with Gasteiger partial charge in [-0.25, -0.2) is 4.90 Å². The van der Waals surface area contributed by atoms with Crippen molar-refractivity contribution in [3.8, 4) is 11.5 Å². The van der Waals surface area contributed by atoms with Gasteiger partial charge < -0.3 is 14.4 Å². The molecule has 0 unspecified atom stereocenters. The SMILES string of the molecule is O=C(c1cccs1)[C@@H]1[C@@H]2C(=O)N(c3ccc4c(c3)OCCO4)C(=O)[C@H]2[C@@H]2c3ccccc3C=CN12. The highest BCUT2D eigenvalue weighted by atomic mass is 32.1. The second-order valence-electron chi connectivity index (χ2n) is 9.01. The lowest BCUT2D eigenvalue weighted by molar-refractivity contribution is -0.123. The number of anilines is 1. The Labute approximate surface area is 205 Å². The van der Waals surface area contributed by atoms with Gasteiger partial charge in [-0.3, -0.25) is 14.4 Å². The second-order valence-corrected chi connectivity index (χ2v) is 9.96. The topological polar surface area (TPSA) is 76.1 Å². The molecule has 0 bridgehead atoms. The van der Waals surface area contributed by atoms with Crippen LogP contribution in [0.15, 0.2) is 66.2 Å². The van der Waals surface area contributed by atoms with Gasteiger partial charge in [0, 0.05) is 12.3 Å². The van der Waals surface area contributed by atoms with Crippen LogP contribution in [0.1, 0.15) is 26.8 Å². The molecule has 5 heterocycles. The van der Waals surface area contributed by atoms with Crippen molar-refractivity contribution >= 4 is 40.7 Å². The largest absolute Gasteiger partial charge is 0.486 e. The number of fused-ring (bicyclic) bond motifs is 6. The molecule has 7 nitrogen and oxygen atoms in total. The predicted octanol–water partition coefficient (Wildman–Crippen LogP) is 3.92. The van der Waals surface area contributed by atoms with Crippen LogP contribution < -0.4 is 14.4 Å². The van der Waals surface area contributed by atoms with Crippen LogP contribution in [0.3, 0.4) is 0 Å². The number of carbonyl (C=O) groups excluding carboxylic acids is 3. The predicted molar refractivity (Wildman–Crippen MR) is 129 cm³/mol. The number of carbonyl (C=O) groups is 3. The summed E-state index contributed by atoms with van der Waals surface area (Å²) in [6.07, 6.45) is 3.82. The van der Waals surface area contributed by atoms with E-state index in [4.69, 9.17) is 9.47 Å². The first-order valence-electron chi connectivity index (χ1n) is 11.5. The van der Waals surface area contributed by atoms with E-state index < -0.39 is 23.9 Å². The quantitative estimate of drug-likeness (QED) is 0.414. The second kappa shape index (κ2) is 7.55. The number of imide groups is 1. The van der Waals surface area contributed by atoms with Crippen LogP contribution in [-0.4, -0.2) is 41.8 Å². The summed E-state index contributed by atoms with van der Waals surface area (Å²) in [5.74, 6) is -1.15. The molecule has 0 saturated carbocycles. The van der Waals surface area contributed by atoms with E-state index in [9.17, 15) is 14.4 Å². The highest BCUT2D eigenvalue weighted by molar-refractivity contribution is 7.12. The highest BCUT2D eigenvalue weighted by Gasteiger charge is 2.64. The Morgan fingerprint density at radius 1 is 0.914 bits per heavy atom. The highest BCUT2D eigenvalue weighted by Crippen LogP contribution is 2.54. The molecule has 2 saturated heterocycles. The smallest absolute Gasteiger partial charge is 0.240 e. The zero-order chi connectivity index (χ0) is 23.7. The molecule has 0 spiro atoms. The summed E-state index contributed by atoms with van der Waals surface area (Å²) in [6, 6.07) is 15.4. The lowest BCUT2D eigenvalue weighted by Crippen LogP contribution is -2.44. The average molecular weight is 485 g/mol. The van der Waals surface area contributed by atoms with Crippen LogP contribution in [0.4, 0.5) is 5.69 Å². The van der Waals surface area contributed by atoms with E-state index in [0.717, 1.165) is 11.1 Å². The van der Waals surface area contributed by atoms with Gasteiger partial charge in [-0.15, -0.1) is 11.3 Å². The summed E-state index contributed by atoms with van der Waals surface area (Å²) in [6.45, 7) is 0.857. The third-order valence-electron chi connectivity index (χ3n) is 7.28. The van der Waals surface area contributed by atoms with E-state index in [1.165, 1.54) is 16.2 Å². The number of nitrogens with zero attached hydrogens (tertiary/aromatic N) is 2. The molecule has 0 N–H and O–H groups in total. The van der Waals surface area contributed by atoms with Crippen LogP contribution in [0.5, 0.6) is 11.5 Å². The van der Waals surface area contributed by atoms with Gasteiger partial charge in [0.2, 0.25) is 11.8 Å². The molecular weight excluding hydrogens is 464 g/mol. The van der Waals surface area contributed by atoms with Gasteiger partial charge in [0.25, 0.3) is 0 Å². The first-order chi connectivity index (χ1) is 17.1. The van der Waals surface area contributed by atoms with Gasteiger partial charge in [0.15, 0.2) is 17.3 Å². The van der Waals surface area contributed by atoms with E-state index in [2.05, 4.69) is 0 Å². The minimum absolute atomic E-state index is 0.133. The molecule has 4 aliphatic heterocycles. The first kappa shape index (κ1) is 20.5. The number of Topliss-reactive ketones (excluding diaryl/α,β-unsaturated/α-hetero) is 1. The summed E-state index contributed by atoms with van der Waals surface area (Å²) in [5, 5.41) is 1.85. The number of hydrogen-bond donors (Lipinski definition) is 0. The molecule has 35 heavy (non-hydrogen) atoms. The number of hydrogen-bond acceptors (Lipinski definition) is 7.